The lowest BCUT2D eigenvalue weighted by atomic mass is 10.1. The minimum Gasteiger partial charge on any atom is -0.304 e. The van der Waals surface area contributed by atoms with Crippen LogP contribution in [0.25, 0.3) is 0 Å². The van der Waals surface area contributed by atoms with E-state index in [1.165, 1.54) is 5.56 Å². The van der Waals surface area contributed by atoms with Crippen LogP contribution in [0.4, 0.5) is 0 Å². The third-order valence-electron chi connectivity index (χ3n) is 1.55. The van der Waals surface area contributed by atoms with Crippen LogP contribution in [0.1, 0.15) is 18.5 Å². The first kappa shape index (κ1) is 7.29. The molecule has 1 atom stereocenters. The fourth-order valence-electron chi connectivity index (χ4n) is 0.838. The molecule has 0 saturated carbocycles. The number of rotatable bonds is 2. The summed E-state index contributed by atoms with van der Waals surface area (Å²) in [7, 11) is 5.25. The van der Waals surface area contributed by atoms with Crippen LogP contribution in [0.3, 0.4) is 0 Å². The molecule has 0 aliphatic heterocycles. The Balaban J connectivity index is 2.75. The van der Waals surface area contributed by atoms with Gasteiger partial charge < -0.3 is 5.32 Å². The van der Waals surface area contributed by atoms with Crippen molar-refractivity contribution in [1.82, 2.24) is 5.32 Å². The summed E-state index contributed by atoms with van der Waals surface area (Å²) in [5.74, 6) is 0. The SMILES string of the molecule is [CH]N[C@@H](C)c1ccccc1. The molecule has 0 amide bonds. The molecule has 2 radical (unpaired) electrons. The van der Waals surface area contributed by atoms with Crippen molar-refractivity contribution in [2.75, 3.05) is 0 Å². The van der Waals surface area contributed by atoms with E-state index in [4.69, 9.17) is 7.05 Å². The Hall–Kier alpha value is -0.820. The van der Waals surface area contributed by atoms with Crippen LogP contribution in [-0.4, -0.2) is 0 Å². The van der Waals surface area contributed by atoms with Gasteiger partial charge in [-0.05, 0) is 12.5 Å². The highest BCUT2D eigenvalue weighted by atomic mass is 14.8. The van der Waals surface area contributed by atoms with Crippen molar-refractivity contribution in [3.8, 4) is 0 Å². The second-order valence-corrected chi connectivity index (χ2v) is 2.30. The topological polar surface area (TPSA) is 12.0 Å². The highest BCUT2D eigenvalue weighted by molar-refractivity contribution is 5.17. The summed E-state index contributed by atoms with van der Waals surface area (Å²) in [5.41, 5.74) is 1.21. The van der Waals surface area contributed by atoms with Gasteiger partial charge in [0.05, 0.1) is 0 Å². The molecule has 1 N–H and O–H groups in total. The first-order valence-corrected chi connectivity index (χ1v) is 3.35. The van der Waals surface area contributed by atoms with Crippen LogP contribution in [0, 0.1) is 7.05 Å². The summed E-state index contributed by atoms with van der Waals surface area (Å²) >= 11 is 0. The van der Waals surface area contributed by atoms with E-state index in [0.29, 0.717) is 0 Å². The van der Waals surface area contributed by atoms with E-state index < -0.39 is 0 Å². The number of hydrogen-bond donors (Lipinski definition) is 1. The molecule has 0 aliphatic carbocycles. The maximum atomic E-state index is 5.25. The fraction of sp³-hybridized carbons (Fsp3) is 0.222. The van der Waals surface area contributed by atoms with Gasteiger partial charge >= 0.3 is 0 Å². The molecule has 1 nitrogen and oxygen atoms in total. The van der Waals surface area contributed by atoms with Gasteiger partial charge in [0.25, 0.3) is 0 Å². The van der Waals surface area contributed by atoms with Crippen LogP contribution in [0.2, 0.25) is 0 Å². The van der Waals surface area contributed by atoms with Crippen LogP contribution in [0.15, 0.2) is 30.3 Å². The number of nitrogens with one attached hydrogen (secondary N) is 1. The molecule has 52 valence electrons. The first-order chi connectivity index (χ1) is 4.84. The van der Waals surface area contributed by atoms with E-state index in [0.717, 1.165) is 0 Å². The first-order valence-electron chi connectivity index (χ1n) is 3.35. The summed E-state index contributed by atoms with van der Waals surface area (Å²) in [6.45, 7) is 2.02. The molecule has 1 heteroatoms. The van der Waals surface area contributed by atoms with Crippen molar-refractivity contribution in [1.29, 1.82) is 0 Å². The molecule has 0 aromatic heterocycles. The molecule has 0 bridgehead atoms. The Morgan fingerprint density at radius 2 is 1.90 bits per heavy atom. The van der Waals surface area contributed by atoms with E-state index in [-0.39, 0.29) is 6.04 Å². The van der Waals surface area contributed by atoms with Gasteiger partial charge in [0.1, 0.15) is 0 Å². The van der Waals surface area contributed by atoms with Crippen molar-refractivity contribution in [2.24, 2.45) is 0 Å². The lowest BCUT2D eigenvalue weighted by molar-refractivity contribution is 0.683. The van der Waals surface area contributed by atoms with Crippen molar-refractivity contribution in [3.05, 3.63) is 42.9 Å². The van der Waals surface area contributed by atoms with Gasteiger partial charge in [-0.25, -0.2) is 0 Å². The lowest BCUT2D eigenvalue weighted by Crippen LogP contribution is -2.09. The van der Waals surface area contributed by atoms with Gasteiger partial charge in [-0.1, -0.05) is 30.3 Å². The third kappa shape index (κ3) is 1.58. The highest BCUT2D eigenvalue weighted by Gasteiger charge is 1.98. The van der Waals surface area contributed by atoms with Gasteiger partial charge in [0.2, 0.25) is 0 Å². The van der Waals surface area contributed by atoms with Gasteiger partial charge in [-0.15, -0.1) is 0 Å². The third-order valence-corrected chi connectivity index (χ3v) is 1.55. The second kappa shape index (κ2) is 3.37. The molecule has 0 aliphatic rings. The predicted molar refractivity (Wildman–Crippen MR) is 42.3 cm³/mol. The van der Waals surface area contributed by atoms with Gasteiger partial charge in [-0.2, -0.15) is 0 Å². The summed E-state index contributed by atoms with van der Waals surface area (Å²) in [6.07, 6.45) is 0. The zero-order chi connectivity index (χ0) is 7.40. The molecule has 0 spiro atoms. The quantitative estimate of drug-likeness (QED) is 0.608. The van der Waals surface area contributed by atoms with E-state index in [1.807, 2.05) is 37.3 Å². The van der Waals surface area contributed by atoms with Crippen LogP contribution in [0.5, 0.6) is 0 Å². The van der Waals surface area contributed by atoms with Crippen LogP contribution >= 0.6 is 0 Å². The van der Waals surface area contributed by atoms with Gasteiger partial charge in [-0.3, -0.25) is 0 Å². The lowest BCUT2D eigenvalue weighted by Gasteiger charge is -2.08. The van der Waals surface area contributed by atoms with Crippen molar-refractivity contribution in [3.63, 3.8) is 0 Å². The molecular formula is C9H11N. The maximum Gasteiger partial charge on any atom is 0.0412 e. The zero-order valence-electron chi connectivity index (χ0n) is 6.04. The Labute approximate surface area is 62.1 Å². The van der Waals surface area contributed by atoms with Gasteiger partial charge in [0.15, 0.2) is 0 Å². The molecule has 0 heterocycles. The summed E-state index contributed by atoms with van der Waals surface area (Å²) < 4.78 is 0. The van der Waals surface area contributed by atoms with Crippen LogP contribution in [-0.2, 0) is 0 Å². The minimum absolute atomic E-state index is 0.237. The molecule has 1 rings (SSSR count). The van der Waals surface area contributed by atoms with E-state index in [9.17, 15) is 0 Å². The number of benzene rings is 1. The Kier molecular flexibility index (Phi) is 2.46. The van der Waals surface area contributed by atoms with Crippen molar-refractivity contribution < 1.29 is 0 Å². The largest absolute Gasteiger partial charge is 0.304 e. The van der Waals surface area contributed by atoms with E-state index >= 15 is 0 Å². The summed E-state index contributed by atoms with van der Waals surface area (Å²) in [4.78, 5) is 0. The van der Waals surface area contributed by atoms with Crippen molar-refractivity contribution in [2.45, 2.75) is 13.0 Å². The average molecular weight is 133 g/mol. The Morgan fingerprint density at radius 3 is 2.40 bits per heavy atom. The molecule has 0 saturated heterocycles. The average Bonchev–Trinajstić information content (AvgIpc) is 2.05. The fourth-order valence-corrected chi connectivity index (χ4v) is 0.838. The highest BCUT2D eigenvalue weighted by Crippen LogP contribution is 2.09. The predicted octanol–water partition coefficient (Wildman–Crippen LogP) is 2.01. The normalized spacial score (nSPS) is 13.0. The molecule has 10 heavy (non-hydrogen) atoms. The molecule has 0 unspecified atom stereocenters. The smallest absolute Gasteiger partial charge is 0.0412 e. The van der Waals surface area contributed by atoms with Crippen molar-refractivity contribution >= 4 is 0 Å². The molecule has 1 aromatic carbocycles. The summed E-state index contributed by atoms with van der Waals surface area (Å²) in [6, 6.07) is 10.3. The number of hydrogen-bond acceptors (Lipinski definition) is 1. The van der Waals surface area contributed by atoms with E-state index in [2.05, 4.69) is 5.32 Å². The second-order valence-electron chi connectivity index (χ2n) is 2.30. The monoisotopic (exact) mass is 133 g/mol. The van der Waals surface area contributed by atoms with Crippen LogP contribution < -0.4 is 5.32 Å². The molecular weight excluding hydrogens is 122 g/mol. The summed E-state index contributed by atoms with van der Waals surface area (Å²) in [5, 5.41) is 2.68. The molecule has 1 aromatic rings. The Bertz CT molecular complexity index is 181. The van der Waals surface area contributed by atoms with Gasteiger partial charge in [0, 0.05) is 13.1 Å². The minimum atomic E-state index is 0.237. The standard InChI is InChI=1S/C9H11N/c1-8(10-2)9-6-4-3-5-7-9/h2-8,10H,1H3/t8-/m0/s1. The zero-order valence-corrected chi connectivity index (χ0v) is 6.04. The Morgan fingerprint density at radius 1 is 1.30 bits per heavy atom. The molecule has 0 fully saturated rings. The maximum absolute atomic E-state index is 5.25. The van der Waals surface area contributed by atoms with E-state index in [1.54, 1.807) is 0 Å².